The fourth-order valence-electron chi connectivity index (χ4n) is 11.1. The summed E-state index contributed by atoms with van der Waals surface area (Å²) in [4.78, 5) is 27.8. The van der Waals surface area contributed by atoms with E-state index >= 15 is 0 Å². The molecule has 8 unspecified atom stereocenters. The minimum absolute atomic E-state index is 0.0304. The predicted octanol–water partition coefficient (Wildman–Crippen LogP) is 8.09. The second kappa shape index (κ2) is 9.58. The number of nitrogens with zero attached hydrogens (tertiary/aromatic N) is 1. The number of ketones is 2. The summed E-state index contributed by atoms with van der Waals surface area (Å²) in [6.45, 7) is 15.9. The number of allylic oxidation sites excluding steroid dienone is 2. The molecule has 0 spiro atoms. The van der Waals surface area contributed by atoms with Gasteiger partial charge in [0.2, 0.25) is 0 Å². The summed E-state index contributed by atoms with van der Waals surface area (Å²) in [5, 5.41) is 9.91. The fraction of sp³-hybridized carbons (Fsp3) is 0.848. The van der Waals surface area contributed by atoms with Crippen LogP contribution in [0.2, 0.25) is 0 Å². The quantitative estimate of drug-likeness (QED) is 0.264. The van der Waals surface area contributed by atoms with Gasteiger partial charge in [-0.2, -0.15) is 18.4 Å². The van der Waals surface area contributed by atoms with Crippen molar-refractivity contribution in [1.82, 2.24) is 4.72 Å². The molecule has 0 aromatic heterocycles. The van der Waals surface area contributed by atoms with Crippen LogP contribution >= 0.6 is 11.9 Å². The molecule has 4 saturated carbocycles. The van der Waals surface area contributed by atoms with Crippen LogP contribution < -0.4 is 4.72 Å². The topological polar surface area (TPSA) is 70.0 Å². The molecule has 4 nitrogen and oxygen atoms in total. The second-order valence-corrected chi connectivity index (χ2v) is 17.1. The lowest BCUT2D eigenvalue weighted by atomic mass is 9.31. The molecular formula is C33H47F3N2O2S. The minimum Gasteiger partial charge on any atom is -0.299 e. The lowest BCUT2D eigenvalue weighted by molar-refractivity contribution is -0.221. The summed E-state index contributed by atoms with van der Waals surface area (Å²) in [5.74, 6) is -0.637. The van der Waals surface area contributed by atoms with Crippen molar-refractivity contribution < 1.29 is 22.8 Å². The maximum Gasteiger partial charge on any atom is 0.399 e. The third-order valence-corrected chi connectivity index (χ3v) is 14.2. The molecule has 228 valence electrons. The van der Waals surface area contributed by atoms with Gasteiger partial charge in [0.05, 0.1) is 5.57 Å². The Morgan fingerprint density at radius 3 is 2.27 bits per heavy atom. The molecule has 0 radical (unpaired) electrons. The molecule has 0 aromatic rings. The zero-order valence-corrected chi connectivity index (χ0v) is 26.6. The van der Waals surface area contributed by atoms with Crippen LogP contribution in [-0.4, -0.2) is 30.0 Å². The Morgan fingerprint density at radius 1 is 0.976 bits per heavy atom. The van der Waals surface area contributed by atoms with Gasteiger partial charge in [0.25, 0.3) is 0 Å². The molecule has 4 fully saturated rings. The largest absolute Gasteiger partial charge is 0.399 e. The van der Waals surface area contributed by atoms with Crippen molar-refractivity contribution in [3.05, 3.63) is 11.6 Å². The molecule has 0 amide bonds. The van der Waals surface area contributed by atoms with Crippen LogP contribution in [0, 0.1) is 67.5 Å². The van der Waals surface area contributed by atoms with E-state index in [2.05, 4.69) is 45.4 Å². The smallest absolute Gasteiger partial charge is 0.299 e. The van der Waals surface area contributed by atoms with Gasteiger partial charge in [-0.1, -0.05) is 66.5 Å². The van der Waals surface area contributed by atoms with Crippen molar-refractivity contribution in [2.75, 3.05) is 12.3 Å². The van der Waals surface area contributed by atoms with Gasteiger partial charge in [0, 0.05) is 24.3 Å². The number of nitrogens with one attached hydrogen (secondary N) is 1. The minimum atomic E-state index is -4.22. The van der Waals surface area contributed by atoms with Crippen molar-refractivity contribution >= 4 is 23.5 Å². The van der Waals surface area contributed by atoms with Crippen LogP contribution in [0.4, 0.5) is 13.2 Å². The molecule has 8 atom stereocenters. The Labute approximate surface area is 248 Å². The molecule has 5 rings (SSSR count). The van der Waals surface area contributed by atoms with E-state index in [9.17, 15) is 28.0 Å². The van der Waals surface area contributed by atoms with Crippen LogP contribution in [0.15, 0.2) is 11.6 Å². The molecule has 41 heavy (non-hydrogen) atoms. The van der Waals surface area contributed by atoms with E-state index in [-0.39, 0.29) is 62.5 Å². The standard InChI is InChI=1S/C33H47F3N2O2S/c1-27(2)10-12-32(18-38-41-19-33(34,35)36)13-11-31(7)25(21(32)16-27)22(39)14-24-29(5)15-20(17-37)26(40)28(3,4)23(29)8-9-30(24,31)6/h15,21,23-25,38H,8-14,16,18-19H2,1-7H3. The van der Waals surface area contributed by atoms with E-state index in [0.717, 1.165) is 56.9 Å². The van der Waals surface area contributed by atoms with Gasteiger partial charge < -0.3 is 0 Å². The van der Waals surface area contributed by atoms with E-state index in [1.165, 1.54) is 0 Å². The van der Waals surface area contributed by atoms with Crippen LogP contribution in [0.5, 0.6) is 0 Å². The molecule has 0 aromatic carbocycles. The maximum absolute atomic E-state index is 14.6. The van der Waals surface area contributed by atoms with Crippen LogP contribution in [0.3, 0.4) is 0 Å². The SMILES string of the molecule is CC1(C)CCC2(CNSCC(F)(F)F)CCC3(C)C(C(=O)CC4C5(C)C=C(C#N)C(=O)C(C)(C)C5CCC43C)C2C1. The number of nitriles is 1. The number of Topliss-reactive ketones (excluding diaryl/α,β-unsaturated/α-hetero) is 2. The van der Waals surface area contributed by atoms with Gasteiger partial charge in [0.15, 0.2) is 5.78 Å². The molecule has 0 aliphatic heterocycles. The van der Waals surface area contributed by atoms with E-state index in [1.54, 1.807) is 0 Å². The summed E-state index contributed by atoms with van der Waals surface area (Å²) in [5.41, 5.74) is -1.39. The van der Waals surface area contributed by atoms with Crippen molar-refractivity contribution in [3.63, 3.8) is 0 Å². The zero-order valence-electron chi connectivity index (χ0n) is 25.8. The molecule has 8 heteroatoms. The number of alkyl halides is 3. The first-order chi connectivity index (χ1) is 18.8. The molecule has 5 aliphatic rings. The Bertz CT molecular complexity index is 1200. The highest BCUT2D eigenvalue weighted by molar-refractivity contribution is 7.97. The highest BCUT2D eigenvalue weighted by atomic mass is 32.2. The Kier molecular flexibility index (Phi) is 7.27. The predicted molar refractivity (Wildman–Crippen MR) is 155 cm³/mol. The van der Waals surface area contributed by atoms with Gasteiger partial charge >= 0.3 is 6.18 Å². The van der Waals surface area contributed by atoms with Gasteiger partial charge in [0.1, 0.15) is 17.6 Å². The summed E-state index contributed by atoms with van der Waals surface area (Å²) >= 11 is 0.745. The lowest BCUT2D eigenvalue weighted by Crippen LogP contribution is -2.69. The van der Waals surface area contributed by atoms with Gasteiger partial charge in [-0.3, -0.25) is 14.3 Å². The third kappa shape index (κ3) is 4.57. The van der Waals surface area contributed by atoms with Crippen LogP contribution in [0.1, 0.15) is 99.8 Å². The summed E-state index contributed by atoms with van der Waals surface area (Å²) < 4.78 is 41.8. The molecule has 5 aliphatic carbocycles. The number of carbonyl (C=O) groups excluding carboxylic acids is 2. The van der Waals surface area contributed by atoms with Crippen molar-refractivity contribution in [3.8, 4) is 6.07 Å². The Balaban J connectivity index is 1.53. The monoisotopic (exact) mass is 592 g/mol. The molecule has 0 bridgehead atoms. The van der Waals surface area contributed by atoms with Crippen LogP contribution in [-0.2, 0) is 9.59 Å². The number of halogens is 3. The second-order valence-electron chi connectivity index (χ2n) is 16.3. The lowest BCUT2D eigenvalue weighted by Gasteiger charge is -2.72. The molecule has 1 N–H and O–H groups in total. The summed E-state index contributed by atoms with van der Waals surface area (Å²) in [7, 11) is 0. The van der Waals surface area contributed by atoms with E-state index in [1.807, 2.05) is 19.9 Å². The first kappa shape index (κ1) is 31.1. The third-order valence-electron chi connectivity index (χ3n) is 13.4. The average Bonchev–Trinajstić information content (AvgIpc) is 2.85. The van der Waals surface area contributed by atoms with E-state index < -0.39 is 22.8 Å². The number of hydrogen-bond donors (Lipinski definition) is 1. The highest BCUT2D eigenvalue weighted by Gasteiger charge is 2.72. The fourth-order valence-corrected chi connectivity index (χ4v) is 11.7. The summed E-state index contributed by atoms with van der Waals surface area (Å²) in [6.07, 6.45) is 4.59. The first-order valence-corrected chi connectivity index (χ1v) is 16.4. The normalized spacial score (nSPS) is 45.0. The molecule has 0 heterocycles. The number of rotatable bonds is 4. The van der Waals surface area contributed by atoms with Crippen molar-refractivity contribution in [2.24, 2.45) is 56.2 Å². The zero-order chi connectivity index (χ0) is 30.4. The highest BCUT2D eigenvalue weighted by Crippen LogP contribution is 2.75. The Hall–Kier alpha value is -1.33. The van der Waals surface area contributed by atoms with Crippen LogP contribution in [0.25, 0.3) is 0 Å². The number of fused-ring (bicyclic) bond motifs is 7. The number of hydrogen-bond acceptors (Lipinski definition) is 5. The molecular weight excluding hydrogens is 545 g/mol. The average molecular weight is 593 g/mol. The Morgan fingerprint density at radius 2 is 1.63 bits per heavy atom. The van der Waals surface area contributed by atoms with E-state index in [0.29, 0.717) is 13.0 Å². The first-order valence-electron chi connectivity index (χ1n) is 15.4. The van der Waals surface area contributed by atoms with Crippen molar-refractivity contribution in [2.45, 2.75) is 106 Å². The maximum atomic E-state index is 14.6. The van der Waals surface area contributed by atoms with Gasteiger partial charge in [-0.15, -0.1) is 0 Å². The van der Waals surface area contributed by atoms with Crippen molar-refractivity contribution in [1.29, 1.82) is 5.26 Å². The molecule has 0 saturated heterocycles. The van der Waals surface area contributed by atoms with Gasteiger partial charge in [-0.25, -0.2) is 0 Å². The van der Waals surface area contributed by atoms with E-state index in [4.69, 9.17) is 0 Å². The summed E-state index contributed by atoms with van der Waals surface area (Å²) in [6, 6.07) is 2.18. The number of carbonyl (C=O) groups is 2. The van der Waals surface area contributed by atoms with Gasteiger partial charge in [-0.05, 0) is 89.8 Å².